The van der Waals surface area contributed by atoms with Crippen LogP contribution in [0.4, 0.5) is 11.6 Å². The van der Waals surface area contributed by atoms with E-state index in [0.717, 1.165) is 46.4 Å². The topological polar surface area (TPSA) is 96.7 Å². The molecule has 0 atom stereocenters. The van der Waals surface area contributed by atoms with Gasteiger partial charge in [0.05, 0.1) is 10.9 Å². The number of amidine groups is 1. The molecule has 8 nitrogen and oxygen atoms in total. The summed E-state index contributed by atoms with van der Waals surface area (Å²) in [6.07, 6.45) is 7.27. The Kier molecular flexibility index (Phi) is 3.39. The molecule has 1 aliphatic carbocycles. The Morgan fingerprint density at radius 1 is 1.23 bits per heavy atom. The summed E-state index contributed by atoms with van der Waals surface area (Å²) < 4.78 is 2.26. The molecule has 1 saturated carbocycles. The fourth-order valence-electron chi connectivity index (χ4n) is 3.88. The van der Waals surface area contributed by atoms with Crippen LogP contribution in [0.25, 0.3) is 11.0 Å². The number of aryl methyl sites for hydroxylation is 1. The number of rotatable bonds is 2. The largest absolute Gasteiger partial charge is 0.323 e. The van der Waals surface area contributed by atoms with Crippen LogP contribution in [-0.4, -0.2) is 35.6 Å². The molecule has 5 heterocycles. The summed E-state index contributed by atoms with van der Waals surface area (Å²) in [7, 11) is 0. The summed E-state index contributed by atoms with van der Waals surface area (Å²) in [4.78, 5) is 17.9. The molecule has 4 aromatic rings. The van der Waals surface area contributed by atoms with Crippen LogP contribution >= 0.6 is 0 Å². The average Bonchev–Trinajstić information content (AvgIpc) is 3.09. The standard InChI is InChI=1S/C22H18N8/c1-13-10-16(29-28-13)26-20-17-15(6-5-14-4-3-9-23-11-14)30(22(2)7-8-22)21-18(17)19(27-20)24-12-25-21/h3-4,9-12H,7-8H2,1-2H3,(H2,24,25,26,27,28,29). The van der Waals surface area contributed by atoms with Crippen molar-refractivity contribution in [1.82, 2.24) is 29.7 Å². The molecule has 6 rings (SSSR count). The fourth-order valence-corrected chi connectivity index (χ4v) is 3.88. The molecule has 146 valence electrons. The van der Waals surface area contributed by atoms with E-state index < -0.39 is 0 Å². The van der Waals surface area contributed by atoms with E-state index in [1.54, 1.807) is 18.7 Å². The third kappa shape index (κ3) is 2.52. The zero-order chi connectivity index (χ0) is 20.3. The van der Waals surface area contributed by atoms with Crippen LogP contribution in [0.1, 0.15) is 42.3 Å². The van der Waals surface area contributed by atoms with E-state index in [1.807, 2.05) is 25.1 Å². The quantitative estimate of drug-likeness (QED) is 0.509. The fraction of sp³-hybridized carbons (Fsp3) is 0.227. The first-order chi connectivity index (χ1) is 14.6. The van der Waals surface area contributed by atoms with Gasteiger partial charge in [0.25, 0.3) is 0 Å². The van der Waals surface area contributed by atoms with Crippen LogP contribution in [0.3, 0.4) is 0 Å². The van der Waals surface area contributed by atoms with E-state index in [9.17, 15) is 0 Å². The lowest BCUT2D eigenvalue weighted by molar-refractivity contribution is 0.543. The van der Waals surface area contributed by atoms with Crippen LogP contribution in [-0.2, 0) is 5.54 Å². The summed E-state index contributed by atoms with van der Waals surface area (Å²) in [5.41, 5.74) is 4.55. The van der Waals surface area contributed by atoms with Crippen molar-refractivity contribution in [3.05, 3.63) is 59.4 Å². The third-order valence-corrected chi connectivity index (χ3v) is 5.64. The molecule has 2 N–H and O–H groups in total. The number of nitrogens with zero attached hydrogens (tertiary/aromatic N) is 6. The van der Waals surface area contributed by atoms with E-state index in [2.05, 4.69) is 53.8 Å². The lowest BCUT2D eigenvalue weighted by Crippen LogP contribution is -2.18. The summed E-state index contributed by atoms with van der Waals surface area (Å²) in [5.74, 6) is 8.72. The number of pyridine rings is 1. The molecule has 0 spiro atoms. The Hall–Kier alpha value is -3.99. The van der Waals surface area contributed by atoms with Gasteiger partial charge in [-0.15, -0.1) is 0 Å². The SMILES string of the molecule is Cc1cc(NC2=Nc3ncnc4c3c2c(C#Cc2cccnc2)n4C2(C)CC2)n[nH]1. The normalized spacial score (nSPS) is 15.6. The predicted octanol–water partition coefficient (Wildman–Crippen LogP) is 3.27. The number of hydrogen-bond donors (Lipinski definition) is 2. The van der Waals surface area contributed by atoms with Gasteiger partial charge in [0.1, 0.15) is 23.5 Å². The molecule has 0 amide bonds. The molecule has 0 aromatic carbocycles. The van der Waals surface area contributed by atoms with Crippen molar-refractivity contribution in [1.29, 1.82) is 0 Å². The zero-order valence-corrected chi connectivity index (χ0v) is 16.6. The highest BCUT2D eigenvalue weighted by molar-refractivity contribution is 6.23. The Bertz CT molecular complexity index is 1390. The van der Waals surface area contributed by atoms with Crippen LogP contribution in [0.15, 0.2) is 41.9 Å². The van der Waals surface area contributed by atoms with Gasteiger partial charge in [-0.2, -0.15) is 5.10 Å². The summed E-state index contributed by atoms with van der Waals surface area (Å²) in [5, 5.41) is 11.5. The van der Waals surface area contributed by atoms with E-state index in [1.165, 1.54) is 0 Å². The van der Waals surface area contributed by atoms with Crippen LogP contribution in [0.5, 0.6) is 0 Å². The molecular weight excluding hydrogens is 376 g/mol. The van der Waals surface area contributed by atoms with Crippen molar-refractivity contribution in [2.45, 2.75) is 32.2 Å². The number of hydrogen-bond acceptors (Lipinski definition) is 6. The monoisotopic (exact) mass is 394 g/mol. The van der Waals surface area contributed by atoms with Gasteiger partial charge >= 0.3 is 0 Å². The number of aromatic nitrogens is 6. The number of anilines is 1. The maximum atomic E-state index is 4.73. The van der Waals surface area contributed by atoms with Crippen LogP contribution < -0.4 is 5.32 Å². The maximum Gasteiger partial charge on any atom is 0.167 e. The predicted molar refractivity (Wildman–Crippen MR) is 114 cm³/mol. The van der Waals surface area contributed by atoms with Crippen molar-refractivity contribution in [3.8, 4) is 11.8 Å². The molecule has 0 radical (unpaired) electrons. The first-order valence-electron chi connectivity index (χ1n) is 9.82. The van der Waals surface area contributed by atoms with Crippen molar-refractivity contribution >= 4 is 28.5 Å². The van der Waals surface area contributed by atoms with Gasteiger partial charge in [-0.05, 0) is 44.7 Å². The number of H-pyrrole nitrogens is 1. The Morgan fingerprint density at radius 3 is 2.87 bits per heavy atom. The van der Waals surface area contributed by atoms with Crippen molar-refractivity contribution in [2.75, 3.05) is 5.32 Å². The van der Waals surface area contributed by atoms with Gasteiger partial charge in [0.15, 0.2) is 11.6 Å². The second-order valence-electron chi connectivity index (χ2n) is 7.97. The molecule has 4 aromatic heterocycles. The van der Waals surface area contributed by atoms with E-state index in [-0.39, 0.29) is 5.54 Å². The van der Waals surface area contributed by atoms with Crippen molar-refractivity contribution in [3.63, 3.8) is 0 Å². The number of aliphatic imine (C=N–C) groups is 1. The first-order valence-corrected chi connectivity index (χ1v) is 9.82. The van der Waals surface area contributed by atoms with Crippen LogP contribution in [0, 0.1) is 18.8 Å². The van der Waals surface area contributed by atoms with E-state index >= 15 is 0 Å². The molecule has 1 fully saturated rings. The van der Waals surface area contributed by atoms with Gasteiger partial charge in [-0.25, -0.2) is 15.0 Å². The summed E-state index contributed by atoms with van der Waals surface area (Å²) >= 11 is 0. The third-order valence-electron chi connectivity index (χ3n) is 5.64. The van der Waals surface area contributed by atoms with Crippen molar-refractivity contribution < 1.29 is 0 Å². The molecule has 1 aliphatic heterocycles. The van der Waals surface area contributed by atoms with Gasteiger partial charge in [0, 0.05) is 35.3 Å². The Balaban J connectivity index is 1.57. The molecule has 30 heavy (non-hydrogen) atoms. The molecule has 8 heteroatoms. The minimum atomic E-state index is 0.00640. The second-order valence-corrected chi connectivity index (χ2v) is 7.97. The van der Waals surface area contributed by atoms with Gasteiger partial charge in [-0.1, -0.05) is 5.92 Å². The highest BCUT2D eigenvalue weighted by Gasteiger charge is 2.44. The molecule has 2 aliphatic rings. The number of nitrogens with one attached hydrogen (secondary N) is 2. The smallest absolute Gasteiger partial charge is 0.167 e. The van der Waals surface area contributed by atoms with Crippen molar-refractivity contribution in [2.24, 2.45) is 4.99 Å². The second kappa shape index (κ2) is 6.00. The lowest BCUT2D eigenvalue weighted by Gasteiger charge is -2.15. The Labute approximate surface area is 172 Å². The average molecular weight is 394 g/mol. The van der Waals surface area contributed by atoms with E-state index in [4.69, 9.17) is 4.99 Å². The summed E-state index contributed by atoms with van der Waals surface area (Å²) in [6, 6.07) is 5.78. The minimum absolute atomic E-state index is 0.00640. The van der Waals surface area contributed by atoms with Gasteiger partial charge < -0.3 is 9.88 Å². The van der Waals surface area contributed by atoms with Gasteiger partial charge in [0.2, 0.25) is 0 Å². The van der Waals surface area contributed by atoms with Crippen LogP contribution in [0.2, 0.25) is 0 Å². The molecular formula is C22H18N8. The first kappa shape index (κ1) is 16.9. The zero-order valence-electron chi connectivity index (χ0n) is 16.6. The molecule has 0 bridgehead atoms. The highest BCUT2D eigenvalue weighted by Crippen LogP contribution is 2.49. The Morgan fingerprint density at radius 2 is 2.13 bits per heavy atom. The minimum Gasteiger partial charge on any atom is -0.323 e. The van der Waals surface area contributed by atoms with E-state index in [0.29, 0.717) is 17.5 Å². The highest BCUT2D eigenvalue weighted by atomic mass is 15.2. The number of aromatic amines is 1. The van der Waals surface area contributed by atoms with Gasteiger partial charge in [-0.3, -0.25) is 10.1 Å². The molecule has 0 saturated heterocycles. The maximum absolute atomic E-state index is 4.73. The summed E-state index contributed by atoms with van der Waals surface area (Å²) in [6.45, 7) is 4.21. The lowest BCUT2D eigenvalue weighted by atomic mass is 10.1. The molecule has 0 unspecified atom stereocenters.